The zero-order valence-corrected chi connectivity index (χ0v) is 19.7. The molecule has 3 heterocycles. The average Bonchev–Trinajstić information content (AvgIpc) is 3.50. The lowest BCUT2D eigenvalue weighted by molar-refractivity contribution is -0.116. The highest BCUT2D eigenvalue weighted by Gasteiger charge is 2.15. The van der Waals surface area contributed by atoms with Gasteiger partial charge in [0.05, 0.1) is 6.54 Å². The Labute approximate surface area is 207 Å². The van der Waals surface area contributed by atoms with Crippen LogP contribution in [0.5, 0.6) is 0 Å². The summed E-state index contributed by atoms with van der Waals surface area (Å²) < 4.78 is 5.86. The zero-order valence-electron chi connectivity index (χ0n) is 19.7. The number of carbonyl (C=O) groups is 2. The van der Waals surface area contributed by atoms with E-state index in [9.17, 15) is 9.59 Å². The molecule has 36 heavy (non-hydrogen) atoms. The molecule has 5 aromatic rings. The maximum atomic E-state index is 12.6. The van der Waals surface area contributed by atoms with E-state index in [-0.39, 0.29) is 18.4 Å². The average molecular weight is 480 g/mol. The first kappa shape index (κ1) is 23.0. The SMILES string of the molecule is Cc1oc(-c2cccc(NC(=O)CCc3cccnc3)c2)nc1CNC(=O)c1cc2ccccc2[nH]1. The van der Waals surface area contributed by atoms with Crippen LogP contribution >= 0.6 is 0 Å². The van der Waals surface area contributed by atoms with Crippen LogP contribution in [0.1, 0.15) is 33.9 Å². The number of anilines is 1. The molecule has 0 atom stereocenters. The number of rotatable bonds is 8. The number of aromatic amines is 1. The summed E-state index contributed by atoms with van der Waals surface area (Å²) in [6, 6.07) is 20.7. The van der Waals surface area contributed by atoms with Crippen molar-refractivity contribution in [1.29, 1.82) is 0 Å². The second-order valence-electron chi connectivity index (χ2n) is 8.47. The molecule has 180 valence electrons. The van der Waals surface area contributed by atoms with Crippen molar-refractivity contribution in [3.05, 3.63) is 102 Å². The number of nitrogens with one attached hydrogen (secondary N) is 3. The number of pyridine rings is 1. The molecule has 8 nitrogen and oxygen atoms in total. The Bertz CT molecular complexity index is 1490. The van der Waals surface area contributed by atoms with E-state index in [0.29, 0.717) is 41.6 Å². The van der Waals surface area contributed by atoms with E-state index in [4.69, 9.17) is 4.42 Å². The number of hydrogen-bond donors (Lipinski definition) is 3. The second kappa shape index (κ2) is 10.3. The lowest BCUT2D eigenvalue weighted by Gasteiger charge is -2.06. The van der Waals surface area contributed by atoms with Crippen molar-refractivity contribution in [1.82, 2.24) is 20.3 Å². The van der Waals surface area contributed by atoms with Gasteiger partial charge in [0.1, 0.15) is 17.1 Å². The molecule has 0 aliphatic heterocycles. The second-order valence-corrected chi connectivity index (χ2v) is 8.47. The first-order valence-corrected chi connectivity index (χ1v) is 11.7. The number of H-pyrrole nitrogens is 1. The van der Waals surface area contributed by atoms with Crippen molar-refractivity contribution in [3.8, 4) is 11.5 Å². The number of oxazole rings is 1. The van der Waals surface area contributed by atoms with Crippen LogP contribution in [0, 0.1) is 6.92 Å². The normalized spacial score (nSPS) is 10.9. The Morgan fingerprint density at radius 1 is 1.03 bits per heavy atom. The van der Waals surface area contributed by atoms with Gasteiger partial charge in [0.15, 0.2) is 0 Å². The maximum Gasteiger partial charge on any atom is 0.268 e. The third-order valence-electron chi connectivity index (χ3n) is 5.84. The van der Waals surface area contributed by atoms with Crippen LogP contribution in [-0.4, -0.2) is 26.8 Å². The molecule has 0 fully saturated rings. The van der Waals surface area contributed by atoms with Crippen LogP contribution in [0.25, 0.3) is 22.4 Å². The number of hydrogen-bond acceptors (Lipinski definition) is 5. The number of nitrogens with zero attached hydrogens (tertiary/aromatic N) is 2. The molecule has 3 aromatic heterocycles. The van der Waals surface area contributed by atoms with Gasteiger partial charge in [0, 0.05) is 41.0 Å². The number of aromatic nitrogens is 3. The van der Waals surface area contributed by atoms with Gasteiger partial charge in [-0.2, -0.15) is 0 Å². The molecular weight excluding hydrogens is 454 g/mol. The first-order chi connectivity index (χ1) is 17.5. The van der Waals surface area contributed by atoms with E-state index >= 15 is 0 Å². The van der Waals surface area contributed by atoms with E-state index < -0.39 is 0 Å². The summed E-state index contributed by atoms with van der Waals surface area (Å²) in [6.07, 6.45) is 4.45. The summed E-state index contributed by atoms with van der Waals surface area (Å²) in [5.41, 5.74) is 4.45. The van der Waals surface area contributed by atoms with Crippen LogP contribution in [0.3, 0.4) is 0 Å². The monoisotopic (exact) mass is 479 g/mol. The van der Waals surface area contributed by atoms with Crippen LogP contribution in [0.2, 0.25) is 0 Å². The van der Waals surface area contributed by atoms with Crippen LogP contribution in [0.15, 0.2) is 83.5 Å². The molecule has 0 aliphatic rings. The summed E-state index contributed by atoms with van der Waals surface area (Å²) in [7, 11) is 0. The smallest absolute Gasteiger partial charge is 0.268 e. The van der Waals surface area contributed by atoms with Crippen molar-refractivity contribution in [3.63, 3.8) is 0 Å². The molecule has 0 radical (unpaired) electrons. The minimum Gasteiger partial charge on any atom is -0.441 e. The van der Waals surface area contributed by atoms with Crippen molar-refractivity contribution in [2.24, 2.45) is 0 Å². The predicted octanol–water partition coefficient (Wildman–Crippen LogP) is 5.03. The Hall–Kier alpha value is -4.72. The largest absolute Gasteiger partial charge is 0.441 e. The van der Waals surface area contributed by atoms with Gasteiger partial charge in [0.25, 0.3) is 5.91 Å². The van der Waals surface area contributed by atoms with E-state index in [1.165, 1.54) is 0 Å². The zero-order chi connectivity index (χ0) is 24.9. The third kappa shape index (κ3) is 5.33. The van der Waals surface area contributed by atoms with Gasteiger partial charge in [-0.05, 0) is 55.3 Å². The molecule has 0 saturated heterocycles. The first-order valence-electron chi connectivity index (χ1n) is 11.7. The Kier molecular flexibility index (Phi) is 6.57. The van der Waals surface area contributed by atoms with Crippen molar-refractivity contribution in [2.45, 2.75) is 26.3 Å². The van der Waals surface area contributed by atoms with Gasteiger partial charge < -0.3 is 20.0 Å². The lowest BCUT2D eigenvalue weighted by Crippen LogP contribution is -2.23. The number of para-hydroxylation sites is 1. The Balaban J connectivity index is 1.21. The Morgan fingerprint density at radius 2 is 1.92 bits per heavy atom. The highest BCUT2D eigenvalue weighted by Crippen LogP contribution is 2.25. The molecule has 0 bridgehead atoms. The van der Waals surface area contributed by atoms with Gasteiger partial charge in [-0.15, -0.1) is 0 Å². The fourth-order valence-corrected chi connectivity index (χ4v) is 3.93. The van der Waals surface area contributed by atoms with Crippen LogP contribution in [-0.2, 0) is 17.8 Å². The molecule has 0 unspecified atom stereocenters. The van der Waals surface area contributed by atoms with Gasteiger partial charge in [-0.3, -0.25) is 14.6 Å². The highest BCUT2D eigenvalue weighted by molar-refractivity contribution is 5.98. The maximum absolute atomic E-state index is 12.6. The quantitative estimate of drug-likeness (QED) is 0.289. The van der Waals surface area contributed by atoms with Crippen molar-refractivity contribution >= 4 is 28.4 Å². The molecule has 8 heteroatoms. The third-order valence-corrected chi connectivity index (χ3v) is 5.84. The Morgan fingerprint density at radius 3 is 2.75 bits per heavy atom. The van der Waals surface area contributed by atoms with Gasteiger partial charge in [0.2, 0.25) is 11.8 Å². The van der Waals surface area contributed by atoms with Crippen LogP contribution < -0.4 is 10.6 Å². The molecule has 3 N–H and O–H groups in total. The summed E-state index contributed by atoms with van der Waals surface area (Å²) >= 11 is 0. The minimum atomic E-state index is -0.217. The molecule has 0 aliphatic carbocycles. The number of fused-ring (bicyclic) bond motifs is 1. The number of aryl methyl sites for hydroxylation is 2. The summed E-state index contributed by atoms with van der Waals surface area (Å²) in [5, 5.41) is 6.79. The highest BCUT2D eigenvalue weighted by atomic mass is 16.4. The van der Waals surface area contributed by atoms with E-state index in [1.807, 2.05) is 73.7 Å². The molecule has 5 rings (SSSR count). The number of benzene rings is 2. The molecule has 2 amide bonds. The van der Waals surface area contributed by atoms with Crippen LogP contribution in [0.4, 0.5) is 5.69 Å². The van der Waals surface area contributed by atoms with E-state index in [1.54, 1.807) is 12.4 Å². The minimum absolute atomic E-state index is 0.0834. The van der Waals surface area contributed by atoms with Crippen molar-refractivity contribution in [2.75, 3.05) is 5.32 Å². The van der Waals surface area contributed by atoms with Gasteiger partial charge in [-0.25, -0.2) is 4.98 Å². The topological polar surface area (TPSA) is 113 Å². The predicted molar refractivity (Wildman–Crippen MR) is 137 cm³/mol. The molecular formula is C28H25N5O3. The van der Waals surface area contributed by atoms with Gasteiger partial charge in [-0.1, -0.05) is 30.3 Å². The fourth-order valence-electron chi connectivity index (χ4n) is 3.93. The fraction of sp³-hybridized carbons (Fsp3) is 0.143. The van der Waals surface area contributed by atoms with E-state index in [0.717, 1.165) is 22.0 Å². The standard InChI is InChI=1S/C28H25N5O3/c1-18-25(17-30-27(35)24-15-20-7-2-3-10-23(20)32-24)33-28(36-18)21-8-4-9-22(14-21)31-26(34)12-11-19-6-5-13-29-16-19/h2-10,13-16,32H,11-12,17H2,1H3,(H,30,35)(H,31,34). The molecule has 2 aromatic carbocycles. The van der Waals surface area contributed by atoms with Crippen molar-refractivity contribution < 1.29 is 14.0 Å². The molecule has 0 spiro atoms. The van der Waals surface area contributed by atoms with Gasteiger partial charge >= 0.3 is 0 Å². The summed E-state index contributed by atoms with van der Waals surface area (Å²) in [6.45, 7) is 2.04. The number of carbonyl (C=O) groups excluding carboxylic acids is 2. The van der Waals surface area contributed by atoms with E-state index in [2.05, 4.69) is 25.6 Å². The molecule has 0 saturated carbocycles. The number of amides is 2. The summed E-state index contributed by atoms with van der Waals surface area (Å²) in [4.78, 5) is 36.8. The lowest BCUT2D eigenvalue weighted by atomic mass is 10.1. The summed E-state index contributed by atoms with van der Waals surface area (Å²) in [5.74, 6) is 0.743.